The number of unbranched alkanes of at least 4 members (excludes halogenated alkanes) is 6. The van der Waals surface area contributed by atoms with E-state index in [1.807, 2.05) is 0 Å². The van der Waals surface area contributed by atoms with Crippen LogP contribution in [0.2, 0.25) is 0 Å². The van der Waals surface area contributed by atoms with Gasteiger partial charge in [0.05, 0.1) is 0 Å². The Labute approximate surface area is 146 Å². The fourth-order valence-corrected chi connectivity index (χ4v) is 4.60. The van der Waals surface area contributed by atoms with Crippen LogP contribution in [0.25, 0.3) is 0 Å². The molecule has 1 saturated heterocycles. The maximum Gasteiger partial charge on any atom is 0.0173 e. The molecule has 0 aromatic carbocycles. The number of piperidine rings is 1. The van der Waals surface area contributed by atoms with Crippen molar-refractivity contribution in [2.45, 2.75) is 123 Å². The van der Waals surface area contributed by atoms with Crippen LogP contribution in [-0.2, 0) is 0 Å². The van der Waals surface area contributed by atoms with Crippen molar-refractivity contribution in [3.8, 4) is 0 Å². The van der Waals surface area contributed by atoms with Gasteiger partial charge in [0.25, 0.3) is 0 Å². The monoisotopic (exact) mass is 324 g/mol. The van der Waals surface area contributed by atoms with Gasteiger partial charge in [-0.25, -0.2) is 0 Å². The lowest BCUT2D eigenvalue weighted by molar-refractivity contribution is -0.0414. The van der Waals surface area contributed by atoms with Crippen LogP contribution in [0, 0.1) is 0 Å². The van der Waals surface area contributed by atoms with Gasteiger partial charge in [-0.05, 0) is 66.5 Å². The Bertz CT molecular complexity index is 291. The van der Waals surface area contributed by atoms with Crippen molar-refractivity contribution in [1.29, 1.82) is 0 Å². The standard InChI is InChI=1S/C21H44N2/c1-7-9-11-12-13-14-16-23-20(3,4)17-19(18-21(23,5)6)22-15-10-8-2/h19,22H,7-18H2,1-6H3. The van der Waals surface area contributed by atoms with Crippen molar-refractivity contribution in [2.75, 3.05) is 13.1 Å². The molecule has 0 saturated carbocycles. The summed E-state index contributed by atoms with van der Waals surface area (Å²) in [7, 11) is 0. The SMILES string of the molecule is CCCCCCCCN1C(C)(C)CC(NCCCC)CC1(C)C. The number of nitrogens with one attached hydrogen (secondary N) is 1. The van der Waals surface area contributed by atoms with E-state index in [9.17, 15) is 0 Å². The fourth-order valence-electron chi connectivity index (χ4n) is 4.60. The van der Waals surface area contributed by atoms with E-state index in [0.29, 0.717) is 17.1 Å². The lowest BCUT2D eigenvalue weighted by Gasteiger charge is -2.55. The van der Waals surface area contributed by atoms with Crippen LogP contribution in [0.3, 0.4) is 0 Å². The average Bonchev–Trinajstić information content (AvgIpc) is 2.44. The van der Waals surface area contributed by atoms with Crippen LogP contribution >= 0.6 is 0 Å². The first kappa shape index (κ1) is 21.0. The molecule has 0 aromatic rings. The van der Waals surface area contributed by atoms with E-state index in [4.69, 9.17) is 0 Å². The van der Waals surface area contributed by atoms with Crippen molar-refractivity contribution < 1.29 is 0 Å². The molecular formula is C21H44N2. The predicted molar refractivity (Wildman–Crippen MR) is 104 cm³/mol. The molecule has 1 fully saturated rings. The van der Waals surface area contributed by atoms with Crippen molar-refractivity contribution in [3.05, 3.63) is 0 Å². The average molecular weight is 325 g/mol. The van der Waals surface area contributed by atoms with E-state index in [1.54, 1.807) is 0 Å². The molecule has 0 aliphatic carbocycles. The number of likely N-dealkylation sites (tertiary alicyclic amines) is 1. The second-order valence-corrected chi connectivity index (χ2v) is 8.96. The molecule has 2 heteroatoms. The molecule has 0 atom stereocenters. The molecule has 1 rings (SSSR count). The third kappa shape index (κ3) is 7.13. The van der Waals surface area contributed by atoms with Crippen LogP contribution in [0.4, 0.5) is 0 Å². The smallest absolute Gasteiger partial charge is 0.0173 e. The topological polar surface area (TPSA) is 15.3 Å². The van der Waals surface area contributed by atoms with Crippen LogP contribution in [0.5, 0.6) is 0 Å². The van der Waals surface area contributed by atoms with Gasteiger partial charge in [-0.3, -0.25) is 4.90 Å². The van der Waals surface area contributed by atoms with Gasteiger partial charge in [0.2, 0.25) is 0 Å². The summed E-state index contributed by atoms with van der Waals surface area (Å²) in [6, 6.07) is 0.687. The number of hydrogen-bond donors (Lipinski definition) is 1. The van der Waals surface area contributed by atoms with Gasteiger partial charge in [-0.2, -0.15) is 0 Å². The molecule has 0 unspecified atom stereocenters. The second kappa shape index (κ2) is 10.0. The Balaban J connectivity index is 2.46. The molecular weight excluding hydrogens is 280 g/mol. The summed E-state index contributed by atoms with van der Waals surface area (Å²) in [5.41, 5.74) is 0.629. The molecule has 1 heterocycles. The molecule has 1 aliphatic rings. The molecule has 1 N–H and O–H groups in total. The first-order chi connectivity index (χ1) is 10.8. The highest BCUT2D eigenvalue weighted by Crippen LogP contribution is 2.38. The maximum absolute atomic E-state index is 3.82. The van der Waals surface area contributed by atoms with E-state index in [2.05, 4.69) is 51.8 Å². The molecule has 0 aromatic heterocycles. The maximum atomic E-state index is 3.82. The zero-order valence-corrected chi connectivity index (χ0v) is 17.0. The molecule has 2 nitrogen and oxygen atoms in total. The van der Waals surface area contributed by atoms with Crippen LogP contribution < -0.4 is 5.32 Å². The Morgan fingerprint density at radius 1 is 0.783 bits per heavy atom. The van der Waals surface area contributed by atoms with Gasteiger partial charge in [-0.15, -0.1) is 0 Å². The third-order valence-electron chi connectivity index (χ3n) is 5.65. The summed E-state index contributed by atoms with van der Waals surface area (Å²) in [6.07, 6.45) is 13.5. The van der Waals surface area contributed by atoms with E-state index in [-0.39, 0.29) is 0 Å². The first-order valence-corrected chi connectivity index (χ1v) is 10.3. The van der Waals surface area contributed by atoms with Gasteiger partial charge in [-0.1, -0.05) is 52.4 Å². The van der Waals surface area contributed by atoms with Crippen LogP contribution in [0.1, 0.15) is 106 Å². The van der Waals surface area contributed by atoms with Gasteiger partial charge in [0.15, 0.2) is 0 Å². The zero-order valence-electron chi connectivity index (χ0n) is 17.0. The normalized spacial score (nSPS) is 21.7. The van der Waals surface area contributed by atoms with Crippen molar-refractivity contribution in [1.82, 2.24) is 10.2 Å². The lowest BCUT2D eigenvalue weighted by Crippen LogP contribution is -2.64. The highest BCUT2D eigenvalue weighted by Gasteiger charge is 2.44. The Morgan fingerprint density at radius 2 is 1.30 bits per heavy atom. The number of nitrogens with zero attached hydrogens (tertiary/aromatic N) is 1. The fraction of sp³-hybridized carbons (Fsp3) is 1.00. The number of rotatable bonds is 11. The summed E-state index contributed by atoms with van der Waals surface area (Å²) in [4.78, 5) is 2.80. The summed E-state index contributed by atoms with van der Waals surface area (Å²) in [5, 5.41) is 3.82. The summed E-state index contributed by atoms with van der Waals surface area (Å²) in [5.74, 6) is 0. The number of hydrogen-bond acceptors (Lipinski definition) is 2. The predicted octanol–water partition coefficient (Wildman–Crippen LogP) is 5.76. The van der Waals surface area contributed by atoms with Crippen molar-refractivity contribution >= 4 is 0 Å². The minimum atomic E-state index is 0.315. The Kier molecular flexibility index (Phi) is 9.15. The minimum absolute atomic E-state index is 0.315. The van der Waals surface area contributed by atoms with Crippen molar-refractivity contribution in [3.63, 3.8) is 0 Å². The Morgan fingerprint density at radius 3 is 1.87 bits per heavy atom. The van der Waals surface area contributed by atoms with Gasteiger partial charge < -0.3 is 5.32 Å². The van der Waals surface area contributed by atoms with Gasteiger partial charge in [0, 0.05) is 17.1 Å². The highest BCUT2D eigenvalue weighted by atomic mass is 15.3. The summed E-state index contributed by atoms with van der Waals surface area (Å²) >= 11 is 0. The van der Waals surface area contributed by atoms with E-state index >= 15 is 0 Å². The largest absolute Gasteiger partial charge is 0.314 e. The first-order valence-electron chi connectivity index (χ1n) is 10.3. The summed E-state index contributed by atoms with van der Waals surface area (Å²) < 4.78 is 0. The molecule has 138 valence electrons. The quantitative estimate of drug-likeness (QED) is 0.486. The molecule has 0 spiro atoms. The molecule has 0 amide bonds. The zero-order chi connectivity index (χ0) is 17.3. The molecule has 1 aliphatic heterocycles. The second-order valence-electron chi connectivity index (χ2n) is 8.96. The van der Waals surface area contributed by atoms with Crippen LogP contribution in [0.15, 0.2) is 0 Å². The highest BCUT2D eigenvalue weighted by molar-refractivity contribution is 5.02. The van der Waals surface area contributed by atoms with E-state index in [0.717, 1.165) is 0 Å². The molecule has 23 heavy (non-hydrogen) atoms. The van der Waals surface area contributed by atoms with Gasteiger partial charge >= 0.3 is 0 Å². The van der Waals surface area contributed by atoms with Crippen LogP contribution in [-0.4, -0.2) is 35.1 Å². The van der Waals surface area contributed by atoms with Gasteiger partial charge in [0.1, 0.15) is 0 Å². The summed E-state index contributed by atoms with van der Waals surface area (Å²) in [6.45, 7) is 16.9. The molecule has 0 radical (unpaired) electrons. The minimum Gasteiger partial charge on any atom is -0.314 e. The van der Waals surface area contributed by atoms with Crippen molar-refractivity contribution in [2.24, 2.45) is 0 Å². The van der Waals surface area contributed by atoms with E-state index < -0.39 is 0 Å². The van der Waals surface area contributed by atoms with E-state index in [1.165, 1.54) is 77.3 Å². The third-order valence-corrected chi connectivity index (χ3v) is 5.65. The molecule has 0 bridgehead atoms. The lowest BCUT2D eigenvalue weighted by atomic mass is 9.76. The Hall–Kier alpha value is -0.0800.